The molecule has 2 aromatic carbocycles. The maximum atomic E-state index is 12.9. The lowest BCUT2D eigenvalue weighted by atomic mass is 9.84. The summed E-state index contributed by atoms with van der Waals surface area (Å²) in [5.74, 6) is 0.379. The van der Waals surface area contributed by atoms with Gasteiger partial charge in [0.1, 0.15) is 0 Å². The zero-order valence-corrected chi connectivity index (χ0v) is 14.3. The van der Waals surface area contributed by atoms with Gasteiger partial charge >= 0.3 is 0 Å². The molecule has 2 aliphatic heterocycles. The number of amides is 1. The molecule has 130 valence electrons. The Hall–Kier alpha value is -2.17. The Morgan fingerprint density at radius 1 is 1.04 bits per heavy atom. The van der Waals surface area contributed by atoms with Crippen LogP contribution in [0, 0.1) is 0 Å². The number of likely N-dealkylation sites (tertiary alicyclic amines) is 1. The van der Waals surface area contributed by atoms with Gasteiger partial charge in [-0.3, -0.25) is 9.69 Å². The van der Waals surface area contributed by atoms with Crippen LogP contribution in [0.1, 0.15) is 29.0 Å². The third-order valence-electron chi connectivity index (χ3n) is 5.36. The fourth-order valence-corrected chi connectivity index (χ4v) is 4.01. The molecule has 1 amide bonds. The quantitative estimate of drug-likeness (QED) is 0.935. The first-order chi connectivity index (χ1) is 12.2. The van der Waals surface area contributed by atoms with Gasteiger partial charge in [-0.15, -0.1) is 0 Å². The van der Waals surface area contributed by atoms with Crippen molar-refractivity contribution in [2.45, 2.75) is 25.0 Å². The van der Waals surface area contributed by atoms with Crippen molar-refractivity contribution in [2.24, 2.45) is 0 Å². The second-order valence-corrected chi connectivity index (χ2v) is 7.11. The highest BCUT2D eigenvalue weighted by molar-refractivity contribution is 5.79. The summed E-state index contributed by atoms with van der Waals surface area (Å²) in [6, 6.07) is 18.9. The van der Waals surface area contributed by atoms with Gasteiger partial charge < -0.3 is 10.0 Å². The highest BCUT2D eigenvalue weighted by Gasteiger charge is 2.30. The summed E-state index contributed by atoms with van der Waals surface area (Å²) in [4.78, 5) is 16.9. The Bertz CT molecular complexity index is 747. The topological polar surface area (TPSA) is 43.8 Å². The van der Waals surface area contributed by atoms with Gasteiger partial charge in [-0.25, -0.2) is 0 Å². The highest BCUT2D eigenvalue weighted by Crippen LogP contribution is 2.33. The van der Waals surface area contributed by atoms with E-state index in [4.69, 9.17) is 0 Å². The van der Waals surface area contributed by atoms with E-state index >= 15 is 0 Å². The molecule has 2 aliphatic rings. The minimum atomic E-state index is -0.285. The Morgan fingerprint density at radius 3 is 2.56 bits per heavy atom. The molecule has 0 radical (unpaired) electrons. The molecule has 1 fully saturated rings. The zero-order valence-electron chi connectivity index (χ0n) is 14.3. The second-order valence-electron chi connectivity index (χ2n) is 7.11. The Morgan fingerprint density at radius 2 is 1.80 bits per heavy atom. The first kappa shape index (κ1) is 16.3. The van der Waals surface area contributed by atoms with Gasteiger partial charge in [-0.1, -0.05) is 54.6 Å². The van der Waals surface area contributed by atoms with E-state index in [1.54, 1.807) is 0 Å². The average molecular weight is 336 g/mol. The van der Waals surface area contributed by atoms with Gasteiger partial charge in [0.05, 0.1) is 12.6 Å². The van der Waals surface area contributed by atoms with Crippen molar-refractivity contribution in [1.82, 2.24) is 9.80 Å². The molecule has 0 bridgehead atoms. The molecule has 2 heterocycles. The van der Waals surface area contributed by atoms with Crippen LogP contribution in [0.4, 0.5) is 0 Å². The van der Waals surface area contributed by atoms with Crippen LogP contribution in [0.25, 0.3) is 0 Å². The van der Waals surface area contributed by atoms with E-state index in [9.17, 15) is 9.90 Å². The molecular formula is C21H24N2O2. The van der Waals surface area contributed by atoms with E-state index in [1.807, 2.05) is 17.0 Å². The standard InChI is InChI=1S/C21H24N2O2/c24-18-10-11-22(13-18)15-21(25)23-12-17-8-4-5-9-19(17)20(14-23)16-6-2-1-3-7-16/h1-9,18,20,24H,10-15H2/t18-,20?/m0/s1. The summed E-state index contributed by atoms with van der Waals surface area (Å²) in [7, 11) is 0. The van der Waals surface area contributed by atoms with Crippen molar-refractivity contribution < 1.29 is 9.90 Å². The molecule has 0 spiro atoms. The minimum absolute atomic E-state index is 0.157. The van der Waals surface area contributed by atoms with Crippen molar-refractivity contribution in [3.05, 3.63) is 71.3 Å². The van der Waals surface area contributed by atoms with Crippen LogP contribution in [0.2, 0.25) is 0 Å². The minimum Gasteiger partial charge on any atom is -0.392 e. The van der Waals surface area contributed by atoms with Crippen molar-refractivity contribution >= 4 is 5.91 Å². The summed E-state index contributed by atoms with van der Waals surface area (Å²) in [6.45, 7) is 3.21. The number of nitrogens with zero attached hydrogens (tertiary/aromatic N) is 2. The predicted molar refractivity (Wildman–Crippen MR) is 97.2 cm³/mol. The molecule has 0 aromatic heterocycles. The van der Waals surface area contributed by atoms with E-state index in [1.165, 1.54) is 16.7 Å². The van der Waals surface area contributed by atoms with Gasteiger partial charge in [0.25, 0.3) is 0 Å². The smallest absolute Gasteiger partial charge is 0.237 e. The third kappa shape index (κ3) is 3.46. The lowest BCUT2D eigenvalue weighted by molar-refractivity contribution is -0.133. The molecule has 2 atom stereocenters. The summed E-state index contributed by atoms with van der Waals surface area (Å²) in [6.07, 6.45) is 0.481. The number of hydrogen-bond donors (Lipinski definition) is 1. The molecule has 0 aliphatic carbocycles. The van der Waals surface area contributed by atoms with E-state index in [-0.39, 0.29) is 17.9 Å². The fraction of sp³-hybridized carbons (Fsp3) is 0.381. The van der Waals surface area contributed by atoms with Crippen LogP contribution >= 0.6 is 0 Å². The number of fused-ring (bicyclic) bond motifs is 1. The molecule has 4 rings (SSSR count). The molecule has 1 unspecified atom stereocenters. The van der Waals surface area contributed by atoms with Gasteiger partial charge in [0, 0.05) is 32.1 Å². The van der Waals surface area contributed by atoms with E-state index < -0.39 is 0 Å². The maximum absolute atomic E-state index is 12.9. The lowest BCUT2D eigenvalue weighted by Gasteiger charge is -2.36. The number of β-amino-alcohol motifs (C(OH)–C–C–N with tert-alkyl or cyclic N) is 1. The summed E-state index contributed by atoms with van der Waals surface area (Å²) >= 11 is 0. The van der Waals surface area contributed by atoms with Gasteiger partial charge in [0.15, 0.2) is 0 Å². The van der Waals surface area contributed by atoms with Crippen LogP contribution in [0.5, 0.6) is 0 Å². The first-order valence-electron chi connectivity index (χ1n) is 9.01. The molecule has 1 saturated heterocycles. The van der Waals surface area contributed by atoms with E-state index in [0.29, 0.717) is 19.6 Å². The number of aliphatic hydroxyl groups is 1. The van der Waals surface area contributed by atoms with Gasteiger partial charge in [0.2, 0.25) is 5.91 Å². The average Bonchev–Trinajstić information content (AvgIpc) is 3.06. The molecule has 2 aromatic rings. The Kier molecular flexibility index (Phi) is 4.55. The molecule has 4 heteroatoms. The zero-order chi connectivity index (χ0) is 17.2. The van der Waals surface area contributed by atoms with Crippen LogP contribution in [0.3, 0.4) is 0 Å². The number of hydrogen-bond acceptors (Lipinski definition) is 3. The number of benzene rings is 2. The van der Waals surface area contributed by atoms with Crippen LogP contribution in [-0.4, -0.2) is 53.1 Å². The Balaban J connectivity index is 1.56. The molecule has 0 saturated carbocycles. The number of rotatable bonds is 3. The van der Waals surface area contributed by atoms with E-state index in [2.05, 4.69) is 47.4 Å². The van der Waals surface area contributed by atoms with Crippen LogP contribution in [0.15, 0.2) is 54.6 Å². The lowest BCUT2D eigenvalue weighted by Crippen LogP contribution is -2.43. The molecule has 1 N–H and O–H groups in total. The van der Waals surface area contributed by atoms with Gasteiger partial charge in [-0.05, 0) is 23.1 Å². The first-order valence-corrected chi connectivity index (χ1v) is 9.01. The van der Waals surface area contributed by atoms with Crippen molar-refractivity contribution in [1.29, 1.82) is 0 Å². The van der Waals surface area contributed by atoms with Gasteiger partial charge in [-0.2, -0.15) is 0 Å². The van der Waals surface area contributed by atoms with Crippen molar-refractivity contribution in [2.75, 3.05) is 26.2 Å². The number of carbonyl (C=O) groups is 1. The summed E-state index contributed by atoms with van der Waals surface area (Å²) in [5, 5.41) is 9.68. The summed E-state index contributed by atoms with van der Waals surface area (Å²) in [5.41, 5.74) is 3.82. The largest absolute Gasteiger partial charge is 0.392 e. The Labute approximate surface area is 148 Å². The molecule has 4 nitrogen and oxygen atoms in total. The highest BCUT2D eigenvalue weighted by atomic mass is 16.3. The van der Waals surface area contributed by atoms with Crippen molar-refractivity contribution in [3.8, 4) is 0 Å². The fourth-order valence-electron chi connectivity index (χ4n) is 4.01. The van der Waals surface area contributed by atoms with Crippen molar-refractivity contribution in [3.63, 3.8) is 0 Å². The normalized spacial score (nSPS) is 23.5. The van der Waals surface area contributed by atoms with Crippen LogP contribution in [-0.2, 0) is 11.3 Å². The monoisotopic (exact) mass is 336 g/mol. The predicted octanol–water partition coefficient (Wildman–Crippen LogP) is 2.23. The SMILES string of the molecule is O=C(CN1CC[C@H](O)C1)N1Cc2ccccc2C(c2ccccc2)C1. The third-order valence-corrected chi connectivity index (χ3v) is 5.36. The van der Waals surface area contributed by atoms with E-state index in [0.717, 1.165) is 19.5 Å². The number of carbonyl (C=O) groups excluding carboxylic acids is 1. The maximum Gasteiger partial charge on any atom is 0.237 e. The molecule has 25 heavy (non-hydrogen) atoms. The summed E-state index contributed by atoms with van der Waals surface area (Å²) < 4.78 is 0. The number of aliphatic hydroxyl groups excluding tert-OH is 1. The van der Waals surface area contributed by atoms with Crippen LogP contribution < -0.4 is 0 Å². The molecular weight excluding hydrogens is 312 g/mol. The second kappa shape index (κ2) is 6.98.